The van der Waals surface area contributed by atoms with Gasteiger partial charge in [0.25, 0.3) is 0 Å². The van der Waals surface area contributed by atoms with Gasteiger partial charge in [-0.25, -0.2) is 0 Å². The van der Waals surface area contributed by atoms with Gasteiger partial charge in [0, 0.05) is 17.8 Å². The average Bonchev–Trinajstić information content (AvgIpc) is 2.61. The van der Waals surface area contributed by atoms with Crippen LogP contribution in [0.15, 0.2) is 61.2 Å². The van der Waals surface area contributed by atoms with Crippen LogP contribution < -0.4 is 20.1 Å². The summed E-state index contributed by atoms with van der Waals surface area (Å²) in [6.45, 7) is 7.33. The highest BCUT2D eigenvalue weighted by atomic mass is 32.1. The van der Waals surface area contributed by atoms with Gasteiger partial charge in [0.05, 0.1) is 6.61 Å². The number of para-hydroxylation sites is 1. The Balaban J connectivity index is 1.86. The molecule has 126 valence electrons. The van der Waals surface area contributed by atoms with E-state index in [2.05, 4.69) is 17.2 Å². The predicted molar refractivity (Wildman–Crippen MR) is 103 cm³/mol. The monoisotopic (exact) mass is 342 g/mol. The fraction of sp³-hybridized carbons (Fsp3) is 0.211. The predicted octanol–water partition coefficient (Wildman–Crippen LogP) is 4.14. The van der Waals surface area contributed by atoms with Gasteiger partial charge in [-0.3, -0.25) is 0 Å². The molecule has 0 fully saturated rings. The summed E-state index contributed by atoms with van der Waals surface area (Å²) < 4.78 is 11.1. The second-order valence-corrected chi connectivity index (χ2v) is 5.38. The minimum Gasteiger partial charge on any atom is -0.494 e. The van der Waals surface area contributed by atoms with Crippen LogP contribution in [-0.4, -0.2) is 18.3 Å². The fourth-order valence-electron chi connectivity index (χ4n) is 2.09. The number of thiocarbonyl (C=S) groups is 1. The van der Waals surface area contributed by atoms with Crippen molar-refractivity contribution in [3.8, 4) is 11.5 Å². The molecule has 0 bridgehead atoms. The quantitative estimate of drug-likeness (QED) is 0.557. The zero-order chi connectivity index (χ0) is 17.2. The fourth-order valence-corrected chi connectivity index (χ4v) is 2.28. The van der Waals surface area contributed by atoms with Crippen molar-refractivity contribution in [1.82, 2.24) is 5.32 Å². The molecule has 0 aromatic heterocycles. The molecule has 0 aliphatic rings. The van der Waals surface area contributed by atoms with Crippen LogP contribution in [0.5, 0.6) is 11.5 Å². The molecule has 2 aromatic carbocycles. The molecular formula is C19H22N2O2S. The van der Waals surface area contributed by atoms with Crippen LogP contribution in [0.3, 0.4) is 0 Å². The summed E-state index contributed by atoms with van der Waals surface area (Å²) in [5.41, 5.74) is 1.97. The second-order valence-electron chi connectivity index (χ2n) is 4.97. The van der Waals surface area contributed by atoms with Crippen LogP contribution in [0, 0.1) is 0 Å². The van der Waals surface area contributed by atoms with E-state index in [9.17, 15) is 0 Å². The van der Waals surface area contributed by atoms with E-state index in [1.54, 1.807) is 6.08 Å². The molecular weight excluding hydrogens is 320 g/mol. The van der Waals surface area contributed by atoms with Gasteiger partial charge < -0.3 is 20.1 Å². The molecule has 0 saturated carbocycles. The van der Waals surface area contributed by atoms with Crippen molar-refractivity contribution in [3.05, 3.63) is 66.7 Å². The lowest BCUT2D eigenvalue weighted by Crippen LogP contribution is -2.28. The van der Waals surface area contributed by atoms with Crippen LogP contribution in [0.4, 0.5) is 5.69 Å². The maximum absolute atomic E-state index is 5.61. The lowest BCUT2D eigenvalue weighted by Gasteiger charge is -2.13. The first-order chi connectivity index (χ1) is 11.7. The van der Waals surface area contributed by atoms with Crippen molar-refractivity contribution >= 4 is 23.0 Å². The third kappa shape index (κ3) is 5.59. The molecule has 0 heterocycles. The third-order valence-electron chi connectivity index (χ3n) is 3.19. The van der Waals surface area contributed by atoms with E-state index in [1.165, 1.54) is 0 Å². The number of nitrogens with one attached hydrogen (secondary N) is 2. The standard InChI is InChI=1S/C19H22N2O2S/c1-3-13-23-17-11-9-16(10-12-17)21-19(24)20-14-15-7-5-6-8-18(15)22-4-2/h3,5-12H,1,4,13-14H2,2H3,(H2,20,21,24). The maximum Gasteiger partial charge on any atom is 0.171 e. The van der Waals surface area contributed by atoms with Crippen LogP contribution >= 0.6 is 12.2 Å². The Bertz CT molecular complexity index is 671. The third-order valence-corrected chi connectivity index (χ3v) is 3.44. The molecule has 0 radical (unpaired) electrons. The summed E-state index contributed by atoms with van der Waals surface area (Å²) in [6, 6.07) is 15.5. The lowest BCUT2D eigenvalue weighted by atomic mass is 10.2. The highest BCUT2D eigenvalue weighted by molar-refractivity contribution is 7.80. The van der Waals surface area contributed by atoms with E-state index in [1.807, 2.05) is 55.5 Å². The molecule has 2 N–H and O–H groups in total. The topological polar surface area (TPSA) is 42.5 Å². The lowest BCUT2D eigenvalue weighted by molar-refractivity contribution is 0.336. The molecule has 0 unspecified atom stereocenters. The van der Waals surface area contributed by atoms with Crippen molar-refractivity contribution in [3.63, 3.8) is 0 Å². The highest BCUT2D eigenvalue weighted by Gasteiger charge is 2.04. The van der Waals surface area contributed by atoms with Gasteiger partial charge >= 0.3 is 0 Å². The van der Waals surface area contributed by atoms with Crippen molar-refractivity contribution in [2.75, 3.05) is 18.5 Å². The number of hydrogen-bond donors (Lipinski definition) is 2. The number of rotatable bonds is 8. The van der Waals surface area contributed by atoms with Crippen LogP contribution in [0.2, 0.25) is 0 Å². The zero-order valence-electron chi connectivity index (χ0n) is 13.7. The van der Waals surface area contributed by atoms with E-state index >= 15 is 0 Å². The Morgan fingerprint density at radius 2 is 1.88 bits per heavy atom. The average molecular weight is 342 g/mol. The van der Waals surface area contributed by atoms with Crippen LogP contribution in [0.25, 0.3) is 0 Å². The minimum absolute atomic E-state index is 0.492. The van der Waals surface area contributed by atoms with Crippen molar-refractivity contribution < 1.29 is 9.47 Å². The number of benzene rings is 2. The van der Waals surface area contributed by atoms with Crippen molar-refractivity contribution in [1.29, 1.82) is 0 Å². The zero-order valence-corrected chi connectivity index (χ0v) is 14.6. The molecule has 2 rings (SSSR count). The largest absolute Gasteiger partial charge is 0.494 e. The summed E-state index contributed by atoms with van der Waals surface area (Å²) in [5, 5.41) is 6.90. The van der Waals surface area contributed by atoms with Gasteiger partial charge in [0.1, 0.15) is 18.1 Å². The van der Waals surface area contributed by atoms with E-state index in [0.717, 1.165) is 22.7 Å². The molecule has 5 heteroatoms. The van der Waals surface area contributed by atoms with Gasteiger partial charge in [-0.2, -0.15) is 0 Å². The summed E-state index contributed by atoms with van der Waals surface area (Å²) in [7, 11) is 0. The SMILES string of the molecule is C=CCOc1ccc(NC(=S)NCc2ccccc2OCC)cc1. The van der Waals surface area contributed by atoms with E-state index in [0.29, 0.717) is 24.9 Å². The van der Waals surface area contributed by atoms with Gasteiger partial charge in [-0.05, 0) is 49.5 Å². The minimum atomic E-state index is 0.492. The Morgan fingerprint density at radius 3 is 2.58 bits per heavy atom. The van der Waals surface area contributed by atoms with Gasteiger partial charge in [-0.1, -0.05) is 30.9 Å². The first kappa shape index (κ1) is 17.8. The Hall–Kier alpha value is -2.53. The number of hydrogen-bond acceptors (Lipinski definition) is 3. The smallest absolute Gasteiger partial charge is 0.171 e. The summed E-state index contributed by atoms with van der Waals surface area (Å²) in [6.07, 6.45) is 1.71. The van der Waals surface area contributed by atoms with E-state index in [4.69, 9.17) is 21.7 Å². The Labute approximate surface area is 148 Å². The molecule has 0 atom stereocenters. The van der Waals surface area contributed by atoms with Crippen molar-refractivity contribution in [2.45, 2.75) is 13.5 Å². The molecule has 2 aromatic rings. The molecule has 0 saturated heterocycles. The maximum atomic E-state index is 5.61. The second kappa shape index (κ2) is 9.57. The number of ether oxygens (including phenoxy) is 2. The normalized spacial score (nSPS) is 9.88. The molecule has 0 aliphatic heterocycles. The first-order valence-corrected chi connectivity index (χ1v) is 8.23. The first-order valence-electron chi connectivity index (χ1n) is 7.82. The molecule has 24 heavy (non-hydrogen) atoms. The Kier molecular flexibility index (Phi) is 7.11. The molecule has 4 nitrogen and oxygen atoms in total. The van der Waals surface area contributed by atoms with Crippen LogP contribution in [0.1, 0.15) is 12.5 Å². The summed E-state index contributed by atoms with van der Waals surface area (Å²) in [5.74, 6) is 1.67. The van der Waals surface area contributed by atoms with E-state index in [-0.39, 0.29) is 0 Å². The summed E-state index contributed by atoms with van der Waals surface area (Å²) >= 11 is 5.34. The van der Waals surface area contributed by atoms with Gasteiger partial charge in [-0.15, -0.1) is 0 Å². The van der Waals surface area contributed by atoms with Crippen LogP contribution in [-0.2, 0) is 6.54 Å². The Morgan fingerprint density at radius 1 is 1.12 bits per heavy atom. The van der Waals surface area contributed by atoms with E-state index < -0.39 is 0 Å². The van der Waals surface area contributed by atoms with Crippen molar-refractivity contribution in [2.24, 2.45) is 0 Å². The molecule has 0 aliphatic carbocycles. The van der Waals surface area contributed by atoms with Gasteiger partial charge in [0.2, 0.25) is 0 Å². The molecule has 0 spiro atoms. The number of anilines is 1. The molecule has 0 amide bonds. The summed E-state index contributed by atoms with van der Waals surface area (Å²) in [4.78, 5) is 0. The van der Waals surface area contributed by atoms with Gasteiger partial charge in [0.15, 0.2) is 5.11 Å². The highest BCUT2D eigenvalue weighted by Crippen LogP contribution is 2.18.